The molecule has 2 aromatic carbocycles. The van der Waals surface area contributed by atoms with Crippen LogP contribution in [0.1, 0.15) is 22.8 Å². The third-order valence-corrected chi connectivity index (χ3v) is 4.68. The van der Waals surface area contributed by atoms with Crippen molar-refractivity contribution in [3.05, 3.63) is 64.1 Å². The molecule has 2 aromatic rings. The van der Waals surface area contributed by atoms with E-state index >= 15 is 0 Å². The standard InChI is InChI=1S/C18H17BrN2O2/c1-12(20-17(22)14-7-3-4-8-15(14)19)18(23)21-11-10-13-6-2-5-9-16(13)21/h2-9,12H,10-11H2,1H3,(H,20,22)/t12-/m0/s1. The summed E-state index contributed by atoms with van der Waals surface area (Å²) in [6, 6.07) is 14.5. The second-order valence-electron chi connectivity index (χ2n) is 5.54. The normalized spacial score (nSPS) is 14.3. The van der Waals surface area contributed by atoms with Crippen LogP contribution in [-0.4, -0.2) is 24.4 Å². The molecular weight excluding hydrogens is 356 g/mol. The Labute approximate surface area is 143 Å². The van der Waals surface area contributed by atoms with Crippen LogP contribution in [0.5, 0.6) is 0 Å². The maximum absolute atomic E-state index is 12.7. The minimum atomic E-state index is -0.583. The summed E-state index contributed by atoms with van der Waals surface area (Å²) in [5.74, 6) is -0.346. The first kappa shape index (κ1) is 15.7. The van der Waals surface area contributed by atoms with Crippen LogP contribution in [0.15, 0.2) is 53.0 Å². The average Bonchev–Trinajstić information content (AvgIpc) is 2.98. The lowest BCUT2D eigenvalue weighted by atomic mass is 10.1. The van der Waals surface area contributed by atoms with Gasteiger partial charge in [-0.2, -0.15) is 0 Å². The Balaban J connectivity index is 1.72. The van der Waals surface area contributed by atoms with Gasteiger partial charge in [0.25, 0.3) is 5.91 Å². The number of rotatable bonds is 3. The van der Waals surface area contributed by atoms with E-state index in [0.29, 0.717) is 16.6 Å². The molecule has 0 saturated heterocycles. The highest BCUT2D eigenvalue weighted by molar-refractivity contribution is 9.10. The van der Waals surface area contributed by atoms with Crippen molar-refractivity contribution in [2.45, 2.75) is 19.4 Å². The van der Waals surface area contributed by atoms with Crippen LogP contribution in [0.4, 0.5) is 5.69 Å². The van der Waals surface area contributed by atoms with Gasteiger partial charge in [0, 0.05) is 16.7 Å². The molecule has 1 aliphatic heterocycles. The fourth-order valence-corrected chi connectivity index (χ4v) is 3.25. The first-order chi connectivity index (χ1) is 11.1. The fraction of sp³-hybridized carbons (Fsp3) is 0.222. The van der Waals surface area contributed by atoms with E-state index < -0.39 is 6.04 Å². The number of carbonyl (C=O) groups excluding carboxylic acids is 2. The number of fused-ring (bicyclic) bond motifs is 1. The van der Waals surface area contributed by atoms with Gasteiger partial charge in [0.2, 0.25) is 5.91 Å². The number of anilines is 1. The number of benzene rings is 2. The van der Waals surface area contributed by atoms with Crippen LogP contribution in [0.3, 0.4) is 0 Å². The molecule has 0 unspecified atom stereocenters. The maximum Gasteiger partial charge on any atom is 0.253 e. The van der Waals surface area contributed by atoms with Gasteiger partial charge in [-0.05, 0) is 53.0 Å². The quantitative estimate of drug-likeness (QED) is 0.899. The average molecular weight is 373 g/mol. The molecule has 2 amide bonds. The first-order valence-electron chi connectivity index (χ1n) is 7.52. The third-order valence-electron chi connectivity index (χ3n) is 3.99. The number of amides is 2. The number of nitrogens with one attached hydrogen (secondary N) is 1. The van der Waals surface area contributed by atoms with E-state index in [1.54, 1.807) is 30.0 Å². The molecular formula is C18H17BrN2O2. The Bertz CT molecular complexity index is 760. The number of hydrogen-bond donors (Lipinski definition) is 1. The summed E-state index contributed by atoms with van der Waals surface area (Å²) in [5, 5.41) is 2.78. The molecule has 0 radical (unpaired) electrons. The minimum Gasteiger partial charge on any atom is -0.340 e. The Hall–Kier alpha value is -2.14. The predicted octanol–water partition coefficient (Wildman–Crippen LogP) is 3.16. The van der Waals surface area contributed by atoms with Crippen LogP contribution in [0.25, 0.3) is 0 Å². The number of hydrogen-bond acceptors (Lipinski definition) is 2. The fourth-order valence-electron chi connectivity index (χ4n) is 2.78. The first-order valence-corrected chi connectivity index (χ1v) is 8.32. The topological polar surface area (TPSA) is 49.4 Å². The SMILES string of the molecule is C[C@H](NC(=O)c1ccccc1Br)C(=O)N1CCc2ccccc21. The van der Waals surface area contributed by atoms with Crippen molar-refractivity contribution in [1.82, 2.24) is 5.32 Å². The molecule has 1 aliphatic rings. The zero-order valence-electron chi connectivity index (χ0n) is 12.8. The van der Waals surface area contributed by atoms with Gasteiger partial charge in [-0.25, -0.2) is 0 Å². The van der Waals surface area contributed by atoms with Crippen molar-refractivity contribution in [3.8, 4) is 0 Å². The van der Waals surface area contributed by atoms with Crippen molar-refractivity contribution >= 4 is 33.4 Å². The van der Waals surface area contributed by atoms with Gasteiger partial charge in [0.15, 0.2) is 0 Å². The lowest BCUT2D eigenvalue weighted by Gasteiger charge is -2.22. The highest BCUT2D eigenvalue weighted by Crippen LogP contribution is 2.28. The molecule has 0 spiro atoms. The largest absolute Gasteiger partial charge is 0.340 e. The Kier molecular flexibility index (Phi) is 4.48. The molecule has 3 rings (SSSR count). The number of para-hydroxylation sites is 1. The molecule has 23 heavy (non-hydrogen) atoms. The van der Waals surface area contributed by atoms with E-state index in [9.17, 15) is 9.59 Å². The van der Waals surface area contributed by atoms with Gasteiger partial charge in [0.05, 0.1) is 5.56 Å². The Morgan fingerprint density at radius 2 is 1.83 bits per heavy atom. The van der Waals surface area contributed by atoms with Crippen LogP contribution in [-0.2, 0) is 11.2 Å². The number of carbonyl (C=O) groups is 2. The summed E-state index contributed by atoms with van der Waals surface area (Å²) in [4.78, 5) is 26.7. The van der Waals surface area contributed by atoms with Gasteiger partial charge >= 0.3 is 0 Å². The summed E-state index contributed by atoms with van der Waals surface area (Å²) in [6.45, 7) is 2.38. The number of halogens is 1. The summed E-state index contributed by atoms with van der Waals surface area (Å²) in [7, 11) is 0. The summed E-state index contributed by atoms with van der Waals surface area (Å²) in [5.41, 5.74) is 2.64. The van der Waals surface area contributed by atoms with Crippen molar-refractivity contribution in [2.24, 2.45) is 0 Å². The molecule has 1 N–H and O–H groups in total. The highest BCUT2D eigenvalue weighted by atomic mass is 79.9. The van der Waals surface area contributed by atoms with Gasteiger partial charge in [-0.3, -0.25) is 9.59 Å². The van der Waals surface area contributed by atoms with E-state index in [1.807, 2.05) is 30.3 Å². The van der Waals surface area contributed by atoms with Crippen molar-refractivity contribution in [2.75, 3.05) is 11.4 Å². The van der Waals surface area contributed by atoms with Gasteiger partial charge in [-0.15, -0.1) is 0 Å². The Morgan fingerprint density at radius 3 is 2.61 bits per heavy atom. The van der Waals surface area contributed by atoms with Gasteiger partial charge in [0.1, 0.15) is 6.04 Å². The lowest BCUT2D eigenvalue weighted by Crippen LogP contribution is -2.46. The van der Waals surface area contributed by atoms with Crippen molar-refractivity contribution < 1.29 is 9.59 Å². The van der Waals surface area contributed by atoms with Crippen LogP contribution < -0.4 is 10.2 Å². The second kappa shape index (κ2) is 6.54. The lowest BCUT2D eigenvalue weighted by molar-refractivity contribution is -0.119. The molecule has 4 nitrogen and oxygen atoms in total. The molecule has 0 bridgehead atoms. The molecule has 5 heteroatoms. The number of nitrogens with zero attached hydrogens (tertiary/aromatic N) is 1. The third kappa shape index (κ3) is 3.15. The summed E-state index contributed by atoms with van der Waals surface area (Å²) in [6.07, 6.45) is 0.854. The zero-order valence-corrected chi connectivity index (χ0v) is 14.3. The molecule has 0 aromatic heterocycles. The Morgan fingerprint density at radius 1 is 1.13 bits per heavy atom. The van der Waals surface area contributed by atoms with Gasteiger partial charge in [-0.1, -0.05) is 30.3 Å². The zero-order chi connectivity index (χ0) is 16.4. The maximum atomic E-state index is 12.7. The van der Waals surface area contributed by atoms with Crippen molar-refractivity contribution in [3.63, 3.8) is 0 Å². The minimum absolute atomic E-state index is 0.0876. The molecule has 1 atom stereocenters. The van der Waals surface area contributed by atoms with Crippen LogP contribution in [0.2, 0.25) is 0 Å². The summed E-state index contributed by atoms with van der Waals surface area (Å²) < 4.78 is 0.712. The van der Waals surface area contributed by atoms with E-state index in [4.69, 9.17) is 0 Å². The summed E-state index contributed by atoms with van der Waals surface area (Å²) >= 11 is 3.36. The van der Waals surface area contributed by atoms with Crippen LogP contribution in [0, 0.1) is 0 Å². The van der Waals surface area contributed by atoms with Crippen LogP contribution >= 0.6 is 15.9 Å². The van der Waals surface area contributed by atoms with Gasteiger partial charge < -0.3 is 10.2 Å². The van der Waals surface area contributed by atoms with E-state index in [2.05, 4.69) is 21.2 Å². The molecule has 0 saturated carbocycles. The van der Waals surface area contributed by atoms with E-state index in [-0.39, 0.29) is 11.8 Å². The molecule has 1 heterocycles. The smallest absolute Gasteiger partial charge is 0.253 e. The molecule has 0 fully saturated rings. The predicted molar refractivity (Wildman–Crippen MR) is 93.6 cm³/mol. The monoisotopic (exact) mass is 372 g/mol. The van der Waals surface area contributed by atoms with Crippen molar-refractivity contribution in [1.29, 1.82) is 0 Å². The second-order valence-corrected chi connectivity index (χ2v) is 6.40. The molecule has 118 valence electrons. The van der Waals surface area contributed by atoms with E-state index in [1.165, 1.54) is 5.56 Å². The van der Waals surface area contributed by atoms with E-state index in [0.717, 1.165) is 12.1 Å². The highest BCUT2D eigenvalue weighted by Gasteiger charge is 2.28. The molecule has 0 aliphatic carbocycles.